The SMILES string of the molecule is Cc1cnc(Cl)c(NC(=O)C2CC(C)CC2C(=O)O)c1. The maximum atomic E-state index is 12.3. The molecule has 1 fully saturated rings. The topological polar surface area (TPSA) is 79.3 Å². The highest BCUT2D eigenvalue weighted by Gasteiger charge is 2.41. The predicted molar refractivity (Wildman–Crippen MR) is 75.6 cm³/mol. The summed E-state index contributed by atoms with van der Waals surface area (Å²) in [5.41, 5.74) is 1.31. The molecule has 1 saturated carbocycles. The molecule has 0 aliphatic heterocycles. The number of carbonyl (C=O) groups is 2. The van der Waals surface area contributed by atoms with Gasteiger partial charge in [-0.1, -0.05) is 18.5 Å². The molecule has 20 heavy (non-hydrogen) atoms. The summed E-state index contributed by atoms with van der Waals surface area (Å²) in [5.74, 6) is -2.11. The average Bonchev–Trinajstić information content (AvgIpc) is 2.76. The third kappa shape index (κ3) is 3.10. The number of rotatable bonds is 3. The highest BCUT2D eigenvalue weighted by molar-refractivity contribution is 6.32. The van der Waals surface area contributed by atoms with Crippen molar-refractivity contribution in [1.82, 2.24) is 4.98 Å². The van der Waals surface area contributed by atoms with Crippen LogP contribution in [-0.4, -0.2) is 22.0 Å². The van der Waals surface area contributed by atoms with Crippen molar-refractivity contribution >= 4 is 29.2 Å². The van der Waals surface area contributed by atoms with E-state index in [0.717, 1.165) is 5.56 Å². The Bertz CT molecular complexity index is 547. The molecule has 1 aliphatic rings. The number of halogens is 1. The number of amides is 1. The van der Waals surface area contributed by atoms with E-state index >= 15 is 0 Å². The first-order valence-corrected chi connectivity index (χ1v) is 6.92. The summed E-state index contributed by atoms with van der Waals surface area (Å²) >= 11 is 5.93. The minimum Gasteiger partial charge on any atom is -0.481 e. The first kappa shape index (κ1) is 14.8. The smallest absolute Gasteiger partial charge is 0.307 e. The maximum Gasteiger partial charge on any atom is 0.307 e. The van der Waals surface area contributed by atoms with Crippen molar-refractivity contribution in [3.05, 3.63) is 23.0 Å². The van der Waals surface area contributed by atoms with Gasteiger partial charge < -0.3 is 10.4 Å². The Balaban J connectivity index is 2.15. The molecular formula is C14H17ClN2O3. The number of anilines is 1. The van der Waals surface area contributed by atoms with E-state index in [2.05, 4.69) is 10.3 Å². The standard InChI is InChI=1S/C14H17ClN2O3/c1-7-3-9(10(4-7)14(19)20)13(18)17-11-5-8(2)6-16-12(11)15/h5-7,9-10H,3-4H2,1-2H3,(H,17,18)(H,19,20). The van der Waals surface area contributed by atoms with Gasteiger partial charge in [0.1, 0.15) is 0 Å². The number of nitrogens with one attached hydrogen (secondary N) is 1. The van der Waals surface area contributed by atoms with Gasteiger partial charge in [0.25, 0.3) is 0 Å². The van der Waals surface area contributed by atoms with E-state index in [-0.39, 0.29) is 17.0 Å². The van der Waals surface area contributed by atoms with Gasteiger partial charge in [-0.25, -0.2) is 4.98 Å². The van der Waals surface area contributed by atoms with Crippen LogP contribution in [0.1, 0.15) is 25.3 Å². The summed E-state index contributed by atoms with van der Waals surface area (Å²) in [5, 5.41) is 12.1. The van der Waals surface area contributed by atoms with Crippen LogP contribution in [0.2, 0.25) is 5.15 Å². The van der Waals surface area contributed by atoms with Crippen molar-refractivity contribution in [3.63, 3.8) is 0 Å². The fraction of sp³-hybridized carbons (Fsp3) is 0.500. The van der Waals surface area contributed by atoms with E-state index in [1.807, 2.05) is 13.8 Å². The fourth-order valence-electron chi connectivity index (χ4n) is 2.72. The summed E-state index contributed by atoms with van der Waals surface area (Å²) in [6, 6.07) is 1.72. The highest BCUT2D eigenvalue weighted by Crippen LogP contribution is 2.37. The molecule has 3 unspecified atom stereocenters. The minimum absolute atomic E-state index is 0.210. The Hall–Kier alpha value is -1.62. The number of nitrogens with zero attached hydrogens (tertiary/aromatic N) is 1. The minimum atomic E-state index is -0.914. The number of aryl methyl sites for hydroxylation is 1. The fourth-order valence-corrected chi connectivity index (χ4v) is 2.87. The van der Waals surface area contributed by atoms with Crippen LogP contribution >= 0.6 is 11.6 Å². The van der Waals surface area contributed by atoms with E-state index < -0.39 is 17.8 Å². The molecule has 6 heteroatoms. The van der Waals surface area contributed by atoms with Crippen molar-refractivity contribution in [2.24, 2.45) is 17.8 Å². The monoisotopic (exact) mass is 296 g/mol. The van der Waals surface area contributed by atoms with Crippen molar-refractivity contribution in [3.8, 4) is 0 Å². The Labute approximate surface area is 122 Å². The molecule has 108 valence electrons. The normalized spacial score (nSPS) is 25.4. The largest absolute Gasteiger partial charge is 0.481 e. The van der Waals surface area contributed by atoms with Crippen LogP contribution in [0.5, 0.6) is 0 Å². The predicted octanol–water partition coefficient (Wildman–Crippen LogP) is 2.73. The summed E-state index contributed by atoms with van der Waals surface area (Å²) in [7, 11) is 0. The number of pyridine rings is 1. The highest BCUT2D eigenvalue weighted by atomic mass is 35.5. The molecule has 5 nitrogen and oxygen atoms in total. The molecule has 3 atom stereocenters. The number of hydrogen-bond acceptors (Lipinski definition) is 3. The van der Waals surface area contributed by atoms with Crippen molar-refractivity contribution in [2.75, 3.05) is 5.32 Å². The molecule has 1 amide bonds. The number of carbonyl (C=O) groups excluding carboxylic acids is 1. The van der Waals surface area contributed by atoms with Crippen LogP contribution in [0, 0.1) is 24.7 Å². The van der Waals surface area contributed by atoms with Gasteiger partial charge in [-0.2, -0.15) is 0 Å². The second kappa shape index (κ2) is 5.79. The zero-order valence-corrected chi connectivity index (χ0v) is 12.1. The van der Waals surface area contributed by atoms with E-state index in [1.165, 1.54) is 0 Å². The molecule has 2 rings (SSSR count). The molecule has 0 saturated heterocycles. The first-order valence-electron chi connectivity index (χ1n) is 6.54. The van der Waals surface area contributed by atoms with Gasteiger partial charge in [0, 0.05) is 6.20 Å². The molecule has 1 aromatic heterocycles. The Kier molecular flexibility index (Phi) is 4.28. The van der Waals surface area contributed by atoms with Crippen LogP contribution < -0.4 is 5.32 Å². The Morgan fingerprint density at radius 1 is 1.40 bits per heavy atom. The van der Waals surface area contributed by atoms with Gasteiger partial charge in [0.15, 0.2) is 5.15 Å². The number of carboxylic acid groups (broad SMARTS) is 1. The van der Waals surface area contributed by atoms with Crippen molar-refractivity contribution in [2.45, 2.75) is 26.7 Å². The maximum absolute atomic E-state index is 12.3. The first-order chi connectivity index (χ1) is 9.38. The second-order valence-electron chi connectivity index (χ2n) is 5.47. The lowest BCUT2D eigenvalue weighted by atomic mass is 9.95. The van der Waals surface area contributed by atoms with Crippen LogP contribution in [0.25, 0.3) is 0 Å². The van der Waals surface area contributed by atoms with Crippen molar-refractivity contribution in [1.29, 1.82) is 0 Å². The van der Waals surface area contributed by atoms with Gasteiger partial charge in [0.2, 0.25) is 5.91 Å². The Morgan fingerprint density at radius 2 is 2.05 bits per heavy atom. The zero-order chi connectivity index (χ0) is 14.9. The van der Waals surface area contributed by atoms with Gasteiger partial charge in [-0.05, 0) is 37.3 Å². The van der Waals surface area contributed by atoms with Crippen LogP contribution in [-0.2, 0) is 9.59 Å². The van der Waals surface area contributed by atoms with Crippen LogP contribution in [0.4, 0.5) is 5.69 Å². The third-order valence-electron chi connectivity index (χ3n) is 3.69. The number of aromatic nitrogens is 1. The summed E-state index contributed by atoms with van der Waals surface area (Å²) in [4.78, 5) is 27.5. The number of carboxylic acids is 1. The number of hydrogen-bond donors (Lipinski definition) is 2. The quantitative estimate of drug-likeness (QED) is 0.841. The summed E-state index contributed by atoms with van der Waals surface area (Å²) in [6.07, 6.45) is 2.72. The molecule has 1 aromatic rings. The molecular weight excluding hydrogens is 280 g/mol. The third-order valence-corrected chi connectivity index (χ3v) is 3.99. The molecule has 0 radical (unpaired) electrons. The molecule has 0 spiro atoms. The average molecular weight is 297 g/mol. The lowest BCUT2D eigenvalue weighted by molar-refractivity contribution is -0.145. The molecule has 2 N–H and O–H groups in total. The molecule has 0 aromatic carbocycles. The molecule has 1 heterocycles. The lowest BCUT2D eigenvalue weighted by Gasteiger charge is -2.16. The zero-order valence-electron chi connectivity index (χ0n) is 11.4. The Morgan fingerprint density at radius 3 is 2.70 bits per heavy atom. The van der Waals surface area contributed by atoms with Crippen molar-refractivity contribution < 1.29 is 14.7 Å². The molecule has 0 bridgehead atoms. The second-order valence-corrected chi connectivity index (χ2v) is 5.83. The van der Waals surface area contributed by atoms with Gasteiger partial charge in [0.05, 0.1) is 17.5 Å². The summed E-state index contributed by atoms with van der Waals surface area (Å²) in [6.45, 7) is 3.81. The van der Waals surface area contributed by atoms with E-state index in [0.29, 0.717) is 18.5 Å². The van der Waals surface area contributed by atoms with E-state index in [1.54, 1.807) is 12.3 Å². The van der Waals surface area contributed by atoms with E-state index in [4.69, 9.17) is 11.6 Å². The van der Waals surface area contributed by atoms with Gasteiger partial charge in [-0.3, -0.25) is 9.59 Å². The van der Waals surface area contributed by atoms with Crippen LogP contribution in [0.3, 0.4) is 0 Å². The van der Waals surface area contributed by atoms with Crippen LogP contribution in [0.15, 0.2) is 12.3 Å². The lowest BCUT2D eigenvalue weighted by Crippen LogP contribution is -2.30. The number of aliphatic carboxylic acids is 1. The summed E-state index contributed by atoms with van der Waals surface area (Å²) < 4.78 is 0. The van der Waals surface area contributed by atoms with E-state index in [9.17, 15) is 14.7 Å². The molecule has 1 aliphatic carbocycles. The van der Waals surface area contributed by atoms with Gasteiger partial charge >= 0.3 is 5.97 Å². The van der Waals surface area contributed by atoms with Gasteiger partial charge in [-0.15, -0.1) is 0 Å².